The van der Waals surface area contributed by atoms with Crippen molar-refractivity contribution in [2.75, 3.05) is 18.0 Å². The number of hydrogen-bond acceptors (Lipinski definition) is 5. The number of carbonyl (C=O) groups is 2. The highest BCUT2D eigenvalue weighted by molar-refractivity contribution is 6.06. The van der Waals surface area contributed by atoms with E-state index in [-0.39, 0.29) is 17.9 Å². The zero-order valence-corrected chi connectivity index (χ0v) is 13.3. The van der Waals surface area contributed by atoms with Crippen molar-refractivity contribution in [3.8, 4) is 0 Å². The van der Waals surface area contributed by atoms with Crippen molar-refractivity contribution in [3.05, 3.63) is 17.6 Å². The summed E-state index contributed by atoms with van der Waals surface area (Å²) in [7, 11) is 0. The highest BCUT2D eigenvalue weighted by atomic mass is 16.2. The lowest BCUT2D eigenvalue weighted by Gasteiger charge is -2.39. The molecule has 3 heterocycles. The van der Waals surface area contributed by atoms with E-state index >= 15 is 0 Å². The third-order valence-electron chi connectivity index (χ3n) is 5.54. The van der Waals surface area contributed by atoms with E-state index in [1.807, 2.05) is 6.92 Å². The van der Waals surface area contributed by atoms with Crippen molar-refractivity contribution in [3.63, 3.8) is 0 Å². The number of piperidine rings is 1. The van der Waals surface area contributed by atoms with Gasteiger partial charge in [-0.1, -0.05) is 0 Å². The van der Waals surface area contributed by atoms with Crippen LogP contribution in [-0.4, -0.2) is 40.5 Å². The van der Waals surface area contributed by atoms with Crippen LogP contribution >= 0.6 is 0 Å². The van der Waals surface area contributed by atoms with Crippen molar-refractivity contribution >= 4 is 17.8 Å². The van der Waals surface area contributed by atoms with E-state index in [4.69, 9.17) is 0 Å². The lowest BCUT2D eigenvalue weighted by Crippen LogP contribution is -2.54. The number of imide groups is 1. The number of aryl methyl sites for hydroxylation is 1. The molecule has 2 saturated heterocycles. The fourth-order valence-electron chi connectivity index (χ4n) is 4.13. The summed E-state index contributed by atoms with van der Waals surface area (Å²) >= 11 is 0. The molecule has 0 aromatic carbocycles. The molecular weight excluding hydrogens is 294 g/mol. The van der Waals surface area contributed by atoms with Crippen LogP contribution in [0.25, 0.3) is 0 Å². The summed E-state index contributed by atoms with van der Waals surface area (Å²) < 4.78 is 0. The number of urea groups is 1. The molecule has 0 radical (unpaired) electrons. The third kappa shape index (κ3) is 2.26. The number of carbonyl (C=O) groups excluding carboxylic acids is 2. The zero-order valence-electron chi connectivity index (χ0n) is 13.3. The van der Waals surface area contributed by atoms with Gasteiger partial charge in [0.25, 0.3) is 5.91 Å². The second-order valence-corrected chi connectivity index (χ2v) is 6.85. The molecule has 0 saturated carbocycles. The lowest BCUT2D eigenvalue weighted by molar-refractivity contribution is -0.125. The first-order valence-corrected chi connectivity index (χ1v) is 8.29. The molecule has 0 bridgehead atoms. The molecule has 122 valence electrons. The number of anilines is 1. The Labute approximate surface area is 134 Å². The van der Waals surface area contributed by atoms with Crippen molar-refractivity contribution in [1.29, 1.82) is 0 Å². The second-order valence-electron chi connectivity index (χ2n) is 6.85. The summed E-state index contributed by atoms with van der Waals surface area (Å²) in [6.45, 7) is 3.54. The van der Waals surface area contributed by atoms with E-state index in [2.05, 4.69) is 25.5 Å². The van der Waals surface area contributed by atoms with Gasteiger partial charge in [-0.3, -0.25) is 10.1 Å². The highest BCUT2D eigenvalue weighted by Crippen LogP contribution is 2.34. The van der Waals surface area contributed by atoms with E-state index < -0.39 is 5.54 Å². The first-order valence-electron chi connectivity index (χ1n) is 8.29. The average Bonchev–Trinajstić information content (AvgIpc) is 3.12. The predicted molar refractivity (Wildman–Crippen MR) is 84.1 cm³/mol. The van der Waals surface area contributed by atoms with Crippen LogP contribution in [0.5, 0.6) is 0 Å². The summed E-state index contributed by atoms with van der Waals surface area (Å²) in [5.74, 6) is 1.01. The molecule has 1 atom stereocenters. The number of hydrogen-bond donors (Lipinski definition) is 2. The monoisotopic (exact) mass is 315 g/mol. The Kier molecular flexibility index (Phi) is 3.25. The molecule has 3 amide bonds. The van der Waals surface area contributed by atoms with Crippen LogP contribution in [0.3, 0.4) is 0 Å². The fraction of sp³-hybridized carbons (Fsp3) is 0.625. The maximum atomic E-state index is 12.1. The van der Waals surface area contributed by atoms with Crippen molar-refractivity contribution in [1.82, 2.24) is 20.6 Å². The number of nitrogens with zero attached hydrogens (tertiary/aromatic N) is 3. The molecule has 1 aromatic rings. The quantitative estimate of drug-likeness (QED) is 0.788. The second kappa shape index (κ2) is 5.18. The van der Waals surface area contributed by atoms with E-state index in [0.29, 0.717) is 0 Å². The third-order valence-corrected chi connectivity index (χ3v) is 5.54. The molecule has 3 aliphatic rings. The fourth-order valence-corrected chi connectivity index (χ4v) is 4.13. The van der Waals surface area contributed by atoms with Gasteiger partial charge in [-0.05, 0) is 44.9 Å². The standard InChI is InChI=1S/C16H21N5O2/c1-16(14(22)19-15(23)20-16)10-5-7-21(8-6-10)13-11-3-2-4-12(11)17-9-18-13/h9-10H,2-8H2,1H3,(H2,19,20,22,23). The van der Waals surface area contributed by atoms with E-state index in [9.17, 15) is 9.59 Å². The zero-order chi connectivity index (χ0) is 16.0. The van der Waals surface area contributed by atoms with Gasteiger partial charge in [-0.2, -0.15) is 0 Å². The van der Waals surface area contributed by atoms with Crippen LogP contribution in [0.1, 0.15) is 37.4 Å². The van der Waals surface area contributed by atoms with Crippen LogP contribution in [0, 0.1) is 5.92 Å². The Morgan fingerprint density at radius 1 is 1.22 bits per heavy atom. The first-order chi connectivity index (χ1) is 11.1. The summed E-state index contributed by atoms with van der Waals surface area (Å²) in [5.41, 5.74) is 1.70. The number of fused-ring (bicyclic) bond motifs is 1. The molecular formula is C16H21N5O2. The van der Waals surface area contributed by atoms with Gasteiger partial charge in [-0.25, -0.2) is 14.8 Å². The maximum absolute atomic E-state index is 12.1. The van der Waals surface area contributed by atoms with Crippen LogP contribution < -0.4 is 15.5 Å². The van der Waals surface area contributed by atoms with Gasteiger partial charge in [0.15, 0.2) is 0 Å². The predicted octanol–water partition coefficient (Wildman–Crippen LogP) is 0.780. The Morgan fingerprint density at radius 3 is 2.70 bits per heavy atom. The Hall–Kier alpha value is -2.18. The van der Waals surface area contributed by atoms with Gasteiger partial charge in [0.05, 0.1) is 0 Å². The molecule has 4 rings (SSSR count). The molecule has 2 N–H and O–H groups in total. The molecule has 0 spiro atoms. The normalized spacial score (nSPS) is 27.8. The first kappa shape index (κ1) is 14.4. The van der Waals surface area contributed by atoms with Crippen LogP contribution in [0.2, 0.25) is 0 Å². The molecule has 2 fully saturated rings. The SMILES string of the molecule is CC1(C2CCN(c3ncnc4c3CCC4)CC2)NC(=O)NC1=O. The summed E-state index contributed by atoms with van der Waals surface area (Å²) in [6.07, 6.45) is 6.65. The largest absolute Gasteiger partial charge is 0.356 e. The number of amides is 3. The van der Waals surface area contributed by atoms with Gasteiger partial charge in [0, 0.05) is 24.3 Å². The van der Waals surface area contributed by atoms with E-state index in [1.165, 1.54) is 11.3 Å². The molecule has 23 heavy (non-hydrogen) atoms. The molecule has 1 aromatic heterocycles. The molecule has 1 unspecified atom stereocenters. The summed E-state index contributed by atoms with van der Waals surface area (Å²) in [6, 6.07) is -0.381. The smallest absolute Gasteiger partial charge is 0.322 e. The number of nitrogens with one attached hydrogen (secondary N) is 2. The minimum absolute atomic E-state index is 0.153. The van der Waals surface area contributed by atoms with Crippen molar-refractivity contribution in [2.45, 2.75) is 44.6 Å². The number of rotatable bonds is 2. The van der Waals surface area contributed by atoms with Gasteiger partial charge in [-0.15, -0.1) is 0 Å². The highest BCUT2D eigenvalue weighted by Gasteiger charge is 2.48. The van der Waals surface area contributed by atoms with Crippen LogP contribution in [-0.2, 0) is 17.6 Å². The Bertz CT molecular complexity index is 668. The molecule has 7 nitrogen and oxygen atoms in total. The van der Waals surface area contributed by atoms with Gasteiger partial charge in [0.2, 0.25) is 0 Å². The van der Waals surface area contributed by atoms with Gasteiger partial charge >= 0.3 is 6.03 Å². The van der Waals surface area contributed by atoms with Crippen LogP contribution in [0.15, 0.2) is 6.33 Å². The lowest BCUT2D eigenvalue weighted by atomic mass is 9.79. The molecule has 1 aliphatic carbocycles. The average molecular weight is 315 g/mol. The molecule has 7 heteroatoms. The van der Waals surface area contributed by atoms with Crippen molar-refractivity contribution in [2.24, 2.45) is 5.92 Å². The minimum Gasteiger partial charge on any atom is -0.356 e. The Morgan fingerprint density at radius 2 is 2.00 bits per heavy atom. The van der Waals surface area contributed by atoms with Crippen LogP contribution in [0.4, 0.5) is 10.6 Å². The van der Waals surface area contributed by atoms with Gasteiger partial charge in [0.1, 0.15) is 17.7 Å². The minimum atomic E-state index is -0.781. The van der Waals surface area contributed by atoms with E-state index in [0.717, 1.165) is 51.0 Å². The summed E-state index contributed by atoms with van der Waals surface area (Å²) in [4.78, 5) is 34.7. The maximum Gasteiger partial charge on any atom is 0.322 e. The Balaban J connectivity index is 1.49. The number of aromatic nitrogens is 2. The molecule has 2 aliphatic heterocycles. The van der Waals surface area contributed by atoms with Crippen molar-refractivity contribution < 1.29 is 9.59 Å². The summed E-state index contributed by atoms with van der Waals surface area (Å²) in [5, 5.41) is 5.16. The van der Waals surface area contributed by atoms with Gasteiger partial charge < -0.3 is 10.2 Å². The topological polar surface area (TPSA) is 87.2 Å². The van der Waals surface area contributed by atoms with E-state index in [1.54, 1.807) is 6.33 Å².